The van der Waals surface area contributed by atoms with Crippen molar-refractivity contribution in [2.75, 3.05) is 12.3 Å². The number of benzene rings is 1. The number of phenols is 1. The maximum atomic E-state index is 9.61. The lowest BCUT2D eigenvalue weighted by molar-refractivity contribution is 0.00235. The highest BCUT2D eigenvalue weighted by atomic mass is 32.2. The normalized spacial score (nSPS) is 15.6. The van der Waals surface area contributed by atoms with Gasteiger partial charge in [0.1, 0.15) is 11.4 Å². The maximum Gasteiger partial charge on any atom is 0.182 e. The zero-order valence-corrected chi connectivity index (χ0v) is 12.6. The molecular formula is C15H21NO2S. The van der Waals surface area contributed by atoms with Gasteiger partial charge < -0.3 is 14.7 Å². The Kier molecular flexibility index (Phi) is 3.99. The molecule has 19 heavy (non-hydrogen) atoms. The fourth-order valence-corrected chi connectivity index (χ4v) is 3.02. The molecule has 0 saturated carbocycles. The van der Waals surface area contributed by atoms with Crippen molar-refractivity contribution < 1.29 is 9.84 Å². The molecule has 0 bridgehead atoms. The summed E-state index contributed by atoms with van der Waals surface area (Å²) in [4.78, 5) is 3.35. The van der Waals surface area contributed by atoms with Gasteiger partial charge in [-0.1, -0.05) is 0 Å². The van der Waals surface area contributed by atoms with Gasteiger partial charge in [-0.2, -0.15) is 0 Å². The van der Waals surface area contributed by atoms with Crippen molar-refractivity contribution in [2.45, 2.75) is 37.8 Å². The first kappa shape index (κ1) is 14.1. The Morgan fingerprint density at radius 3 is 2.84 bits per heavy atom. The molecule has 0 radical (unpaired) electrons. The standard InChI is InChI=1S/C15H21NO2S/c1-11(18-15(2,3)4)16-7-8-19-14-6-5-13(17)9-12(14)10-16/h5-6,9,17H,1,7-8,10H2,2-4H3. The molecule has 1 N–H and O–H groups in total. The minimum Gasteiger partial charge on any atom is -0.508 e. The van der Waals surface area contributed by atoms with Crippen LogP contribution in [0.1, 0.15) is 26.3 Å². The summed E-state index contributed by atoms with van der Waals surface area (Å²) in [5, 5.41) is 9.61. The molecule has 1 aromatic carbocycles. The van der Waals surface area contributed by atoms with Gasteiger partial charge in [-0.15, -0.1) is 11.8 Å². The quantitative estimate of drug-likeness (QED) is 0.839. The van der Waals surface area contributed by atoms with E-state index in [1.807, 2.05) is 44.7 Å². The summed E-state index contributed by atoms with van der Waals surface area (Å²) in [6.07, 6.45) is 0. The van der Waals surface area contributed by atoms with Crippen LogP contribution in [0.2, 0.25) is 0 Å². The molecular weight excluding hydrogens is 258 g/mol. The van der Waals surface area contributed by atoms with Crippen LogP contribution < -0.4 is 0 Å². The summed E-state index contributed by atoms with van der Waals surface area (Å²) in [6.45, 7) is 11.7. The topological polar surface area (TPSA) is 32.7 Å². The summed E-state index contributed by atoms with van der Waals surface area (Å²) in [5.41, 5.74) is 0.888. The smallest absolute Gasteiger partial charge is 0.182 e. The third kappa shape index (κ3) is 3.83. The average Bonchev–Trinajstić information content (AvgIpc) is 2.48. The van der Waals surface area contributed by atoms with E-state index in [2.05, 4.69) is 11.5 Å². The molecule has 0 spiro atoms. The van der Waals surface area contributed by atoms with Gasteiger partial charge in [-0.25, -0.2) is 0 Å². The molecule has 1 aromatic rings. The van der Waals surface area contributed by atoms with Gasteiger partial charge in [0.15, 0.2) is 5.88 Å². The number of phenolic OH excluding ortho intramolecular Hbond substituents is 1. The largest absolute Gasteiger partial charge is 0.508 e. The summed E-state index contributed by atoms with van der Waals surface area (Å²) in [7, 11) is 0. The molecule has 0 amide bonds. The molecule has 4 heteroatoms. The second-order valence-corrected chi connectivity index (χ2v) is 6.81. The summed E-state index contributed by atoms with van der Waals surface area (Å²) >= 11 is 1.81. The van der Waals surface area contributed by atoms with E-state index in [1.54, 1.807) is 6.07 Å². The fourth-order valence-electron chi connectivity index (χ4n) is 2.01. The van der Waals surface area contributed by atoms with Crippen molar-refractivity contribution in [1.82, 2.24) is 4.90 Å². The van der Waals surface area contributed by atoms with E-state index < -0.39 is 0 Å². The van der Waals surface area contributed by atoms with Gasteiger partial charge >= 0.3 is 0 Å². The van der Waals surface area contributed by atoms with Crippen LogP contribution in [0.5, 0.6) is 5.75 Å². The van der Waals surface area contributed by atoms with Crippen molar-refractivity contribution in [1.29, 1.82) is 0 Å². The summed E-state index contributed by atoms with van der Waals surface area (Å²) < 4.78 is 5.84. The third-order valence-corrected chi connectivity index (χ3v) is 3.90. The second kappa shape index (κ2) is 5.37. The van der Waals surface area contributed by atoms with Crippen molar-refractivity contribution in [3.8, 4) is 5.75 Å². The molecule has 0 fully saturated rings. The number of rotatable bonds is 2. The monoisotopic (exact) mass is 279 g/mol. The van der Waals surface area contributed by atoms with Crippen LogP contribution in [0.3, 0.4) is 0 Å². The van der Waals surface area contributed by atoms with Crippen LogP contribution >= 0.6 is 11.8 Å². The Morgan fingerprint density at radius 1 is 1.42 bits per heavy atom. The minimum absolute atomic E-state index is 0.238. The van der Waals surface area contributed by atoms with Crippen molar-refractivity contribution in [2.24, 2.45) is 0 Å². The lowest BCUT2D eigenvalue weighted by Crippen LogP contribution is -2.30. The van der Waals surface area contributed by atoms with Crippen LogP contribution in [0.4, 0.5) is 0 Å². The number of hydrogen-bond acceptors (Lipinski definition) is 4. The van der Waals surface area contributed by atoms with Gasteiger partial charge in [-0.3, -0.25) is 0 Å². The van der Waals surface area contributed by atoms with E-state index in [4.69, 9.17) is 4.74 Å². The molecule has 0 atom stereocenters. The fraction of sp³-hybridized carbons (Fsp3) is 0.467. The minimum atomic E-state index is -0.238. The van der Waals surface area contributed by atoms with E-state index in [0.29, 0.717) is 11.6 Å². The van der Waals surface area contributed by atoms with Crippen LogP contribution in [0.15, 0.2) is 35.6 Å². The molecule has 2 rings (SSSR count). The summed E-state index contributed by atoms with van der Waals surface area (Å²) in [6, 6.07) is 5.54. The van der Waals surface area contributed by atoms with Crippen molar-refractivity contribution >= 4 is 11.8 Å². The number of aromatic hydroxyl groups is 1. The molecule has 3 nitrogen and oxygen atoms in total. The van der Waals surface area contributed by atoms with Crippen molar-refractivity contribution in [3.05, 3.63) is 36.2 Å². The number of fused-ring (bicyclic) bond motifs is 1. The molecule has 0 unspecified atom stereocenters. The Labute approximate surface area is 119 Å². The van der Waals surface area contributed by atoms with Gasteiger partial charge in [0.25, 0.3) is 0 Å². The van der Waals surface area contributed by atoms with Crippen LogP contribution in [-0.2, 0) is 11.3 Å². The van der Waals surface area contributed by atoms with Gasteiger partial charge in [0.05, 0.1) is 0 Å². The van der Waals surface area contributed by atoms with Gasteiger partial charge in [0, 0.05) is 23.7 Å². The second-order valence-electron chi connectivity index (χ2n) is 5.67. The Morgan fingerprint density at radius 2 is 2.16 bits per heavy atom. The first-order valence-corrected chi connectivity index (χ1v) is 7.41. The van der Waals surface area contributed by atoms with E-state index in [1.165, 1.54) is 4.90 Å². The Bertz CT molecular complexity index is 480. The number of hydrogen-bond donors (Lipinski definition) is 1. The van der Waals surface area contributed by atoms with E-state index in [-0.39, 0.29) is 5.60 Å². The molecule has 0 saturated heterocycles. The predicted octanol–water partition coefficient (Wildman–Crippen LogP) is 3.59. The SMILES string of the molecule is C=C(OC(C)(C)C)N1CCSc2ccc(O)cc2C1. The first-order chi connectivity index (χ1) is 8.85. The molecule has 1 aliphatic heterocycles. The van der Waals surface area contributed by atoms with E-state index >= 15 is 0 Å². The van der Waals surface area contributed by atoms with Crippen molar-refractivity contribution in [3.63, 3.8) is 0 Å². The lowest BCUT2D eigenvalue weighted by atomic mass is 10.2. The predicted molar refractivity (Wildman–Crippen MR) is 79.2 cm³/mol. The highest BCUT2D eigenvalue weighted by Gasteiger charge is 2.20. The Balaban J connectivity index is 2.15. The number of nitrogens with zero attached hydrogens (tertiary/aromatic N) is 1. The zero-order valence-electron chi connectivity index (χ0n) is 11.8. The van der Waals surface area contributed by atoms with Crippen LogP contribution in [0, 0.1) is 0 Å². The average molecular weight is 279 g/mol. The molecule has 1 aliphatic rings. The first-order valence-electron chi connectivity index (χ1n) is 6.43. The lowest BCUT2D eigenvalue weighted by Gasteiger charge is -2.30. The Hall–Kier alpha value is -1.29. The molecule has 0 aliphatic carbocycles. The van der Waals surface area contributed by atoms with Gasteiger partial charge in [0.2, 0.25) is 0 Å². The maximum absolute atomic E-state index is 9.61. The van der Waals surface area contributed by atoms with Gasteiger partial charge in [-0.05, 0) is 51.1 Å². The van der Waals surface area contributed by atoms with E-state index in [9.17, 15) is 5.11 Å². The van der Waals surface area contributed by atoms with Crippen LogP contribution in [0.25, 0.3) is 0 Å². The molecule has 1 heterocycles. The van der Waals surface area contributed by atoms with E-state index in [0.717, 1.165) is 24.4 Å². The number of ether oxygens (including phenoxy) is 1. The highest BCUT2D eigenvalue weighted by Crippen LogP contribution is 2.31. The molecule has 104 valence electrons. The zero-order chi connectivity index (χ0) is 14.0. The molecule has 0 aromatic heterocycles. The third-order valence-electron chi connectivity index (χ3n) is 2.80. The number of thioether (sulfide) groups is 1. The highest BCUT2D eigenvalue weighted by molar-refractivity contribution is 7.99. The summed E-state index contributed by atoms with van der Waals surface area (Å²) in [5.74, 6) is 2.00. The van der Waals surface area contributed by atoms with Crippen LogP contribution in [-0.4, -0.2) is 27.9 Å².